The highest BCUT2D eigenvalue weighted by molar-refractivity contribution is 7.46. The van der Waals surface area contributed by atoms with Crippen LogP contribution in [0.15, 0.2) is 11.1 Å². The van der Waals surface area contributed by atoms with E-state index in [9.17, 15) is 19.6 Å². The van der Waals surface area contributed by atoms with Gasteiger partial charge in [0.05, 0.1) is 12.9 Å². The summed E-state index contributed by atoms with van der Waals surface area (Å²) in [5, 5.41) is 19.7. The Kier molecular flexibility index (Phi) is 4.41. The Labute approximate surface area is 139 Å². The van der Waals surface area contributed by atoms with E-state index in [4.69, 9.17) is 20.3 Å². The normalized spacial score (nSPS) is 27.2. The lowest BCUT2D eigenvalue weighted by molar-refractivity contribution is -0.0509. The molecule has 138 valence electrons. The third kappa shape index (κ3) is 3.06. The zero-order valence-corrected chi connectivity index (χ0v) is 13.7. The van der Waals surface area contributed by atoms with E-state index in [1.54, 1.807) is 0 Å². The number of aliphatic hydroxyl groups is 2. The van der Waals surface area contributed by atoms with Crippen molar-refractivity contribution in [3.05, 3.63) is 16.8 Å². The summed E-state index contributed by atoms with van der Waals surface area (Å²) in [7, 11) is -3.53. The van der Waals surface area contributed by atoms with Gasteiger partial charge in [-0.1, -0.05) is 0 Å². The molecule has 3 rings (SSSR count). The van der Waals surface area contributed by atoms with E-state index in [0.29, 0.717) is 0 Å². The molecule has 0 aromatic carbocycles. The van der Waals surface area contributed by atoms with Crippen LogP contribution < -0.4 is 11.4 Å². The molecular weight excluding hydrogens is 361 g/mol. The minimum Gasteiger partial charge on any atom is -0.394 e. The molecule has 13 nitrogen and oxygen atoms in total. The maximum atomic E-state index is 11.8. The highest BCUT2D eigenvalue weighted by Crippen LogP contribution is 2.44. The van der Waals surface area contributed by atoms with Gasteiger partial charge >= 0.3 is 13.5 Å². The number of hydrogen-bond acceptors (Lipinski definition) is 9. The molecule has 1 fully saturated rings. The molecule has 0 bridgehead atoms. The first-order valence-corrected chi connectivity index (χ1v) is 8.54. The molecule has 3 heterocycles. The lowest BCUT2D eigenvalue weighted by atomic mass is 10.1. The van der Waals surface area contributed by atoms with Crippen molar-refractivity contribution in [1.82, 2.24) is 19.1 Å². The van der Waals surface area contributed by atoms with Crippen LogP contribution >= 0.6 is 7.82 Å². The zero-order valence-electron chi connectivity index (χ0n) is 12.8. The number of aromatic nitrogens is 4. The van der Waals surface area contributed by atoms with Crippen molar-refractivity contribution in [1.29, 1.82) is 0 Å². The van der Waals surface area contributed by atoms with Crippen molar-refractivity contribution >= 4 is 24.8 Å². The maximum Gasteiger partial charge on any atom is 0.470 e. The van der Waals surface area contributed by atoms with Crippen LogP contribution in [0.4, 0.5) is 5.82 Å². The number of hydrogen-bond donors (Lipinski definition) is 5. The molecule has 1 aliphatic rings. The summed E-state index contributed by atoms with van der Waals surface area (Å²) in [6.45, 7) is -0.664. The minimum atomic E-state index is -4.94. The summed E-state index contributed by atoms with van der Waals surface area (Å²) < 4.78 is 23.2. The predicted octanol–water partition coefficient (Wildman–Crippen LogP) is -2.56. The molecule has 0 radical (unpaired) electrons. The standard InChI is InChI=1S/C11H16N5O8P/c1-15-8(12)5-9(14-11(15)19)16(3-13-5)10-6(18)7(4(2-17)23-10)24-25(20,21)22/h3-4,6-7,10,17-18H,2,12H2,1H3,(H2,20,21,22)/t4-,6-,7-,10-/m1/s1. The molecule has 0 amide bonds. The van der Waals surface area contributed by atoms with Crippen molar-refractivity contribution in [3.63, 3.8) is 0 Å². The Hall–Kier alpha value is -1.86. The molecule has 0 unspecified atom stereocenters. The number of anilines is 1. The van der Waals surface area contributed by atoms with Gasteiger partial charge in [0.2, 0.25) is 0 Å². The van der Waals surface area contributed by atoms with Gasteiger partial charge < -0.3 is 30.5 Å². The quantitative estimate of drug-likeness (QED) is 0.352. The second-order valence-electron chi connectivity index (χ2n) is 5.46. The van der Waals surface area contributed by atoms with Crippen molar-refractivity contribution in [2.45, 2.75) is 24.5 Å². The third-order valence-corrected chi connectivity index (χ3v) is 4.40. The average Bonchev–Trinajstić information content (AvgIpc) is 3.06. The molecule has 1 saturated heterocycles. The van der Waals surface area contributed by atoms with Gasteiger partial charge in [0, 0.05) is 7.05 Å². The van der Waals surface area contributed by atoms with Gasteiger partial charge in [0.15, 0.2) is 11.9 Å². The number of phosphoric ester groups is 1. The molecule has 4 atom stereocenters. The second kappa shape index (κ2) is 6.14. The fourth-order valence-corrected chi connectivity index (χ4v) is 3.22. The van der Waals surface area contributed by atoms with Crippen LogP contribution in [0.2, 0.25) is 0 Å². The molecule has 1 aliphatic heterocycles. The number of phosphoric acid groups is 1. The highest BCUT2D eigenvalue weighted by Gasteiger charge is 2.48. The Morgan fingerprint density at radius 2 is 2.16 bits per heavy atom. The highest BCUT2D eigenvalue weighted by atomic mass is 31.2. The Bertz CT molecular complexity index is 906. The fraction of sp³-hybridized carbons (Fsp3) is 0.545. The van der Waals surface area contributed by atoms with Crippen LogP contribution in [-0.2, 0) is 20.9 Å². The molecule has 0 saturated carbocycles. The minimum absolute atomic E-state index is 0.0122. The van der Waals surface area contributed by atoms with Crippen LogP contribution in [-0.4, -0.2) is 64.0 Å². The number of ether oxygens (including phenoxy) is 1. The summed E-state index contributed by atoms with van der Waals surface area (Å²) in [5.74, 6) is 0.0444. The third-order valence-electron chi connectivity index (χ3n) is 3.88. The SMILES string of the molecule is Cn1c(N)c2ncn([C@@H]3O[C@H](CO)[C@@H](OP(=O)(O)O)[C@H]3O)c2nc1=O. The lowest BCUT2D eigenvalue weighted by Crippen LogP contribution is -2.35. The maximum absolute atomic E-state index is 11.8. The van der Waals surface area contributed by atoms with Crippen molar-refractivity contribution in [2.24, 2.45) is 7.05 Å². The molecule has 0 spiro atoms. The molecule has 2 aromatic rings. The van der Waals surface area contributed by atoms with E-state index in [1.807, 2.05) is 0 Å². The summed E-state index contributed by atoms with van der Waals surface area (Å²) in [6.07, 6.45) is -4.34. The summed E-state index contributed by atoms with van der Waals surface area (Å²) >= 11 is 0. The van der Waals surface area contributed by atoms with Gasteiger partial charge in [-0.3, -0.25) is 13.7 Å². The van der Waals surface area contributed by atoms with E-state index < -0.39 is 44.7 Å². The number of nitrogens with zero attached hydrogens (tertiary/aromatic N) is 4. The van der Waals surface area contributed by atoms with E-state index >= 15 is 0 Å². The van der Waals surface area contributed by atoms with E-state index in [0.717, 1.165) is 4.57 Å². The molecule has 14 heteroatoms. The van der Waals surface area contributed by atoms with Crippen molar-refractivity contribution in [2.75, 3.05) is 12.3 Å². The van der Waals surface area contributed by atoms with Gasteiger partial charge in [-0.25, -0.2) is 14.3 Å². The summed E-state index contributed by atoms with van der Waals surface area (Å²) in [6, 6.07) is 0. The second-order valence-corrected chi connectivity index (χ2v) is 6.65. The van der Waals surface area contributed by atoms with Crippen LogP contribution in [0.25, 0.3) is 11.2 Å². The first-order chi connectivity index (χ1) is 11.6. The number of fused-ring (bicyclic) bond motifs is 1. The summed E-state index contributed by atoms with van der Waals surface area (Å²) in [4.78, 5) is 37.6. The van der Waals surface area contributed by atoms with Gasteiger partial charge in [-0.15, -0.1) is 0 Å². The first-order valence-electron chi connectivity index (χ1n) is 7.01. The van der Waals surface area contributed by atoms with Crippen LogP contribution in [0.1, 0.15) is 6.23 Å². The number of imidazole rings is 1. The monoisotopic (exact) mass is 377 g/mol. The van der Waals surface area contributed by atoms with E-state index in [-0.39, 0.29) is 17.0 Å². The molecule has 6 N–H and O–H groups in total. The molecule has 2 aromatic heterocycles. The Morgan fingerprint density at radius 3 is 2.76 bits per heavy atom. The first kappa shape index (κ1) is 17.9. The Balaban J connectivity index is 2.04. The van der Waals surface area contributed by atoms with Crippen LogP contribution in [0.5, 0.6) is 0 Å². The number of nitrogens with two attached hydrogens (primary N) is 1. The fourth-order valence-electron chi connectivity index (χ4n) is 2.64. The van der Waals surface area contributed by atoms with Crippen LogP contribution in [0.3, 0.4) is 0 Å². The average molecular weight is 377 g/mol. The molecule has 0 aliphatic carbocycles. The molecular formula is C11H16N5O8P. The van der Waals surface area contributed by atoms with E-state index in [1.165, 1.54) is 17.9 Å². The van der Waals surface area contributed by atoms with Crippen molar-refractivity contribution < 1.29 is 33.8 Å². The van der Waals surface area contributed by atoms with Gasteiger partial charge in [-0.2, -0.15) is 4.98 Å². The number of aliphatic hydroxyl groups excluding tert-OH is 2. The topological polar surface area (TPSA) is 195 Å². The van der Waals surface area contributed by atoms with Crippen molar-refractivity contribution in [3.8, 4) is 0 Å². The van der Waals surface area contributed by atoms with E-state index in [2.05, 4.69) is 14.5 Å². The predicted molar refractivity (Wildman–Crippen MR) is 81.1 cm³/mol. The number of rotatable bonds is 4. The van der Waals surface area contributed by atoms with Gasteiger partial charge in [0.25, 0.3) is 0 Å². The van der Waals surface area contributed by atoms with Gasteiger partial charge in [0.1, 0.15) is 29.6 Å². The Morgan fingerprint density at radius 1 is 1.48 bits per heavy atom. The molecule has 25 heavy (non-hydrogen) atoms. The largest absolute Gasteiger partial charge is 0.470 e. The zero-order chi connectivity index (χ0) is 18.5. The van der Waals surface area contributed by atoms with Crippen LogP contribution in [0, 0.1) is 0 Å². The van der Waals surface area contributed by atoms with Gasteiger partial charge in [-0.05, 0) is 0 Å². The summed E-state index contributed by atoms with van der Waals surface area (Å²) in [5.41, 5.74) is 5.33. The lowest BCUT2D eigenvalue weighted by Gasteiger charge is -2.20. The number of nitrogen functional groups attached to an aromatic ring is 1. The smallest absolute Gasteiger partial charge is 0.394 e.